The highest BCUT2D eigenvalue weighted by Crippen LogP contribution is 2.36. The minimum atomic E-state index is 0.0348. The fourth-order valence-corrected chi connectivity index (χ4v) is 3.23. The molecule has 0 bridgehead atoms. The first-order valence-corrected chi connectivity index (χ1v) is 8.37. The first-order valence-electron chi connectivity index (χ1n) is 8.37. The zero-order chi connectivity index (χ0) is 17.4. The normalized spacial score (nSPS) is 22.2. The Kier molecular flexibility index (Phi) is 4.09. The Morgan fingerprint density at radius 2 is 1.92 bits per heavy atom. The van der Waals surface area contributed by atoms with Crippen LogP contribution in [-0.4, -0.2) is 48.1 Å². The second-order valence-electron chi connectivity index (χ2n) is 6.48. The molecule has 0 spiro atoms. The number of hydrogen-bond acceptors (Lipinski definition) is 6. The number of ether oxygens (including phenoxy) is 3. The lowest BCUT2D eigenvalue weighted by molar-refractivity contribution is -0.142. The van der Waals surface area contributed by atoms with Gasteiger partial charge in [-0.3, -0.25) is 4.79 Å². The molecule has 7 heteroatoms. The number of nitrogens with zero attached hydrogens (tertiary/aromatic N) is 2. The fourth-order valence-electron chi connectivity index (χ4n) is 3.23. The summed E-state index contributed by atoms with van der Waals surface area (Å²) in [6, 6.07) is 7.36. The van der Waals surface area contributed by atoms with Gasteiger partial charge in [-0.15, -0.1) is 0 Å². The summed E-state index contributed by atoms with van der Waals surface area (Å²) in [6.07, 6.45) is 0.316. The minimum absolute atomic E-state index is 0.0348. The number of morpholine rings is 1. The third kappa shape index (κ3) is 3.32. The van der Waals surface area contributed by atoms with Crippen LogP contribution in [0.4, 0.5) is 0 Å². The molecule has 4 rings (SSSR count). The van der Waals surface area contributed by atoms with Gasteiger partial charge >= 0.3 is 0 Å². The van der Waals surface area contributed by atoms with Gasteiger partial charge in [-0.25, -0.2) is 0 Å². The van der Waals surface area contributed by atoms with Crippen molar-refractivity contribution in [3.63, 3.8) is 0 Å². The Hall–Kier alpha value is -2.54. The molecule has 1 aromatic carbocycles. The summed E-state index contributed by atoms with van der Waals surface area (Å²) in [6.45, 7) is 5.39. The van der Waals surface area contributed by atoms with Crippen molar-refractivity contribution >= 4 is 5.91 Å². The van der Waals surface area contributed by atoms with Gasteiger partial charge in [-0.2, -0.15) is 0 Å². The summed E-state index contributed by atoms with van der Waals surface area (Å²) in [5, 5.41) is 4.03. The highest BCUT2D eigenvalue weighted by atomic mass is 16.7. The van der Waals surface area contributed by atoms with Crippen LogP contribution in [0.1, 0.15) is 19.5 Å². The topological polar surface area (TPSA) is 74.0 Å². The summed E-state index contributed by atoms with van der Waals surface area (Å²) in [4.78, 5) is 14.3. The van der Waals surface area contributed by atoms with Gasteiger partial charge in [0.25, 0.3) is 0 Å². The molecular formula is C18H20N2O5. The van der Waals surface area contributed by atoms with Gasteiger partial charge in [0.15, 0.2) is 17.3 Å². The van der Waals surface area contributed by atoms with E-state index in [9.17, 15) is 4.79 Å². The molecule has 1 saturated heterocycles. The van der Waals surface area contributed by atoms with Crippen molar-refractivity contribution in [2.75, 3.05) is 19.9 Å². The maximum Gasteiger partial charge on any atom is 0.231 e. The number of amides is 1. The number of aromatic nitrogens is 1. The SMILES string of the molecule is C[C@@H]1CN(C(=O)Cc2cc(-c3ccc4c(c3)OCO4)on2)C[C@@H](C)O1. The van der Waals surface area contributed by atoms with E-state index >= 15 is 0 Å². The Balaban J connectivity index is 1.45. The van der Waals surface area contributed by atoms with Gasteiger partial charge in [-0.05, 0) is 32.0 Å². The first-order chi connectivity index (χ1) is 12.1. The van der Waals surface area contributed by atoms with Crippen molar-refractivity contribution in [3.05, 3.63) is 30.0 Å². The number of carbonyl (C=O) groups excluding carboxylic acids is 1. The standard InChI is InChI=1S/C18H20N2O5/c1-11-8-20(9-12(2)24-11)18(21)7-14-6-16(25-19-14)13-3-4-15-17(5-13)23-10-22-15/h3-6,11-12H,7-10H2,1-2H3/t11-,12-/m1/s1. The Morgan fingerprint density at radius 3 is 2.72 bits per heavy atom. The molecule has 2 atom stereocenters. The molecule has 1 aromatic heterocycles. The van der Waals surface area contributed by atoms with E-state index in [2.05, 4.69) is 5.16 Å². The van der Waals surface area contributed by atoms with Crippen molar-refractivity contribution in [1.29, 1.82) is 0 Å². The van der Waals surface area contributed by atoms with Crippen LogP contribution in [-0.2, 0) is 16.0 Å². The zero-order valence-corrected chi connectivity index (χ0v) is 14.2. The summed E-state index contributed by atoms with van der Waals surface area (Å²) in [7, 11) is 0. The molecule has 0 aliphatic carbocycles. The van der Waals surface area contributed by atoms with Crippen molar-refractivity contribution in [3.8, 4) is 22.8 Å². The van der Waals surface area contributed by atoms with Crippen LogP contribution < -0.4 is 9.47 Å². The quantitative estimate of drug-likeness (QED) is 0.850. The molecule has 1 fully saturated rings. The van der Waals surface area contributed by atoms with E-state index in [4.69, 9.17) is 18.7 Å². The largest absolute Gasteiger partial charge is 0.454 e. The maximum atomic E-state index is 12.5. The molecule has 132 valence electrons. The van der Waals surface area contributed by atoms with Crippen molar-refractivity contribution in [1.82, 2.24) is 10.1 Å². The van der Waals surface area contributed by atoms with Crippen LogP contribution in [0.3, 0.4) is 0 Å². The molecular weight excluding hydrogens is 324 g/mol. The highest BCUT2D eigenvalue weighted by molar-refractivity contribution is 5.79. The molecule has 0 radical (unpaired) electrons. The number of rotatable bonds is 3. The van der Waals surface area contributed by atoms with E-state index in [0.29, 0.717) is 36.0 Å². The predicted molar refractivity (Wildman–Crippen MR) is 88.4 cm³/mol. The molecule has 0 N–H and O–H groups in total. The third-order valence-corrected chi connectivity index (χ3v) is 4.32. The van der Waals surface area contributed by atoms with Crippen molar-refractivity contribution in [2.24, 2.45) is 0 Å². The molecule has 2 aliphatic heterocycles. The summed E-state index contributed by atoms with van der Waals surface area (Å²) < 4.78 is 21.7. The maximum absolute atomic E-state index is 12.5. The van der Waals surface area contributed by atoms with Gasteiger partial charge in [0.2, 0.25) is 12.7 Å². The van der Waals surface area contributed by atoms with Gasteiger partial charge < -0.3 is 23.6 Å². The lowest BCUT2D eigenvalue weighted by Crippen LogP contribution is -2.48. The molecule has 3 heterocycles. The summed E-state index contributed by atoms with van der Waals surface area (Å²) in [5.74, 6) is 2.04. The molecule has 7 nitrogen and oxygen atoms in total. The lowest BCUT2D eigenvalue weighted by atomic mass is 10.1. The summed E-state index contributed by atoms with van der Waals surface area (Å²) >= 11 is 0. The van der Waals surface area contributed by atoms with E-state index in [1.54, 1.807) is 6.07 Å². The van der Waals surface area contributed by atoms with Crippen LogP contribution in [0, 0.1) is 0 Å². The highest BCUT2D eigenvalue weighted by Gasteiger charge is 2.26. The van der Waals surface area contributed by atoms with E-state index < -0.39 is 0 Å². The molecule has 1 amide bonds. The lowest BCUT2D eigenvalue weighted by Gasteiger charge is -2.35. The average Bonchev–Trinajstić information content (AvgIpc) is 3.22. The average molecular weight is 344 g/mol. The molecule has 25 heavy (non-hydrogen) atoms. The number of hydrogen-bond donors (Lipinski definition) is 0. The van der Waals surface area contributed by atoms with Crippen molar-refractivity contribution < 1.29 is 23.5 Å². The monoisotopic (exact) mass is 344 g/mol. The van der Waals surface area contributed by atoms with Crippen LogP contribution in [0.5, 0.6) is 11.5 Å². The second kappa shape index (κ2) is 6.40. The van der Waals surface area contributed by atoms with Gasteiger partial charge in [0.05, 0.1) is 24.3 Å². The molecule has 0 unspecified atom stereocenters. The van der Waals surface area contributed by atoms with E-state index in [1.165, 1.54) is 0 Å². The number of fused-ring (bicyclic) bond motifs is 1. The smallest absolute Gasteiger partial charge is 0.231 e. The van der Waals surface area contributed by atoms with Crippen LogP contribution in [0.15, 0.2) is 28.8 Å². The zero-order valence-electron chi connectivity index (χ0n) is 14.2. The molecule has 2 aliphatic rings. The van der Waals surface area contributed by atoms with E-state index in [0.717, 1.165) is 5.56 Å². The fraction of sp³-hybridized carbons (Fsp3) is 0.444. The minimum Gasteiger partial charge on any atom is -0.454 e. The molecule has 0 saturated carbocycles. The van der Waals surface area contributed by atoms with Crippen LogP contribution in [0.2, 0.25) is 0 Å². The number of benzene rings is 1. The Labute approximate surface area is 145 Å². The Morgan fingerprint density at radius 1 is 1.16 bits per heavy atom. The predicted octanol–water partition coefficient (Wildman–Crippen LogP) is 2.25. The summed E-state index contributed by atoms with van der Waals surface area (Å²) in [5.41, 5.74) is 1.45. The van der Waals surface area contributed by atoms with E-state index in [1.807, 2.05) is 36.9 Å². The first kappa shape index (κ1) is 16.0. The van der Waals surface area contributed by atoms with Crippen LogP contribution >= 0.6 is 0 Å². The van der Waals surface area contributed by atoms with Crippen molar-refractivity contribution in [2.45, 2.75) is 32.5 Å². The van der Waals surface area contributed by atoms with Gasteiger partial charge in [-0.1, -0.05) is 5.16 Å². The Bertz CT molecular complexity index is 778. The van der Waals surface area contributed by atoms with Crippen LogP contribution in [0.25, 0.3) is 11.3 Å². The number of carbonyl (C=O) groups is 1. The second-order valence-corrected chi connectivity index (χ2v) is 6.48. The third-order valence-electron chi connectivity index (χ3n) is 4.32. The van der Waals surface area contributed by atoms with E-state index in [-0.39, 0.29) is 31.3 Å². The van der Waals surface area contributed by atoms with Gasteiger partial charge in [0, 0.05) is 24.7 Å². The van der Waals surface area contributed by atoms with Gasteiger partial charge in [0.1, 0.15) is 0 Å². The molecule has 2 aromatic rings.